The van der Waals surface area contributed by atoms with Crippen molar-refractivity contribution in [3.05, 3.63) is 17.5 Å². The number of guanidine groups is 1. The number of ether oxygens (including phenoxy) is 1. The highest BCUT2D eigenvalue weighted by Crippen LogP contribution is 2.05. The minimum Gasteiger partial charge on any atom is -0.380 e. The summed E-state index contributed by atoms with van der Waals surface area (Å²) < 4.78 is 5.29. The molecule has 0 fully saturated rings. The van der Waals surface area contributed by atoms with Crippen LogP contribution in [0.4, 0.5) is 0 Å². The third-order valence-electron chi connectivity index (χ3n) is 2.90. The van der Waals surface area contributed by atoms with Crippen LogP contribution >= 0.6 is 24.0 Å². The van der Waals surface area contributed by atoms with Crippen molar-refractivity contribution in [1.82, 2.24) is 20.8 Å². The first-order valence-corrected chi connectivity index (χ1v) is 7.36. The van der Waals surface area contributed by atoms with E-state index in [1.54, 1.807) is 0 Å². The molecular formula is C14H28IN5O. The lowest BCUT2D eigenvalue weighted by Gasteiger charge is -2.11. The predicted molar refractivity (Wildman–Crippen MR) is 97.5 cm³/mol. The van der Waals surface area contributed by atoms with E-state index in [4.69, 9.17) is 4.74 Å². The van der Waals surface area contributed by atoms with E-state index in [0.29, 0.717) is 6.61 Å². The minimum absolute atomic E-state index is 0. The van der Waals surface area contributed by atoms with E-state index >= 15 is 0 Å². The molecule has 0 unspecified atom stereocenters. The molecule has 0 aliphatic heterocycles. The maximum atomic E-state index is 5.29. The number of hydrogen-bond donors (Lipinski definition) is 3. The van der Waals surface area contributed by atoms with Gasteiger partial charge in [-0.3, -0.25) is 10.1 Å². The number of aryl methyl sites for hydroxylation is 2. The zero-order valence-electron chi connectivity index (χ0n) is 13.2. The third kappa shape index (κ3) is 8.92. The predicted octanol–water partition coefficient (Wildman–Crippen LogP) is 1.86. The van der Waals surface area contributed by atoms with Crippen molar-refractivity contribution >= 4 is 29.9 Å². The second-order valence-corrected chi connectivity index (χ2v) is 4.51. The molecule has 0 amide bonds. The second-order valence-electron chi connectivity index (χ2n) is 4.51. The first kappa shape index (κ1) is 20.2. The summed E-state index contributed by atoms with van der Waals surface area (Å²) in [5.74, 6) is 0.858. The van der Waals surface area contributed by atoms with Gasteiger partial charge in [0.1, 0.15) is 0 Å². The first-order valence-electron chi connectivity index (χ1n) is 7.36. The summed E-state index contributed by atoms with van der Waals surface area (Å²) >= 11 is 0. The van der Waals surface area contributed by atoms with E-state index in [2.05, 4.69) is 32.7 Å². The number of H-pyrrole nitrogens is 1. The van der Waals surface area contributed by atoms with Crippen molar-refractivity contribution in [3.63, 3.8) is 0 Å². The first-order chi connectivity index (χ1) is 9.77. The fourth-order valence-corrected chi connectivity index (χ4v) is 1.82. The van der Waals surface area contributed by atoms with Crippen LogP contribution in [0.2, 0.25) is 0 Å². The molecule has 1 rings (SSSR count). The molecule has 0 bridgehead atoms. The molecule has 21 heavy (non-hydrogen) atoms. The summed E-state index contributed by atoms with van der Waals surface area (Å²) in [6.45, 7) is 10.0. The minimum atomic E-state index is 0. The number of nitrogens with zero attached hydrogens (tertiary/aromatic N) is 2. The molecule has 3 N–H and O–H groups in total. The molecule has 0 aromatic carbocycles. The number of aromatic nitrogens is 2. The quantitative estimate of drug-likeness (QED) is 0.252. The molecule has 6 nitrogen and oxygen atoms in total. The Hall–Kier alpha value is -0.830. The summed E-state index contributed by atoms with van der Waals surface area (Å²) in [5, 5.41) is 13.5. The van der Waals surface area contributed by atoms with Gasteiger partial charge in [0.15, 0.2) is 5.96 Å². The highest BCUT2D eigenvalue weighted by Gasteiger charge is 2.00. The smallest absolute Gasteiger partial charge is 0.191 e. The van der Waals surface area contributed by atoms with E-state index in [-0.39, 0.29) is 24.0 Å². The van der Waals surface area contributed by atoms with Crippen LogP contribution in [0.5, 0.6) is 0 Å². The lowest BCUT2D eigenvalue weighted by Crippen LogP contribution is -2.39. The molecule has 0 radical (unpaired) electrons. The molecule has 122 valence electrons. The highest BCUT2D eigenvalue weighted by molar-refractivity contribution is 14.0. The molecule has 7 heteroatoms. The maximum absolute atomic E-state index is 5.29. The molecular weight excluding hydrogens is 381 g/mol. The number of aliphatic imine (C=N–C) groups is 1. The number of halogens is 1. The van der Waals surface area contributed by atoms with Gasteiger partial charge in [0.2, 0.25) is 0 Å². The van der Waals surface area contributed by atoms with Crippen LogP contribution in [0.3, 0.4) is 0 Å². The van der Waals surface area contributed by atoms with Crippen LogP contribution in [0.1, 0.15) is 31.5 Å². The highest BCUT2D eigenvalue weighted by atomic mass is 127. The SMILES string of the molecule is CCNC(=NCCCc1cn[nH]c1C)NCCOCC.I. The Balaban J connectivity index is 0.00000400. The Morgan fingerprint density at radius 3 is 2.81 bits per heavy atom. The van der Waals surface area contributed by atoms with E-state index in [9.17, 15) is 0 Å². The van der Waals surface area contributed by atoms with Gasteiger partial charge in [0, 0.05) is 31.9 Å². The molecule has 1 heterocycles. The zero-order chi connectivity index (χ0) is 14.6. The topological polar surface area (TPSA) is 74.3 Å². The molecule has 0 saturated carbocycles. The monoisotopic (exact) mass is 409 g/mol. The summed E-state index contributed by atoms with van der Waals surface area (Å²) in [7, 11) is 0. The van der Waals surface area contributed by atoms with Crippen LogP contribution in [-0.4, -0.2) is 49.0 Å². The maximum Gasteiger partial charge on any atom is 0.191 e. The molecule has 1 aromatic rings. The Labute approximate surface area is 144 Å². The van der Waals surface area contributed by atoms with Gasteiger partial charge in [0.05, 0.1) is 12.8 Å². The van der Waals surface area contributed by atoms with E-state index in [1.807, 2.05) is 20.0 Å². The van der Waals surface area contributed by atoms with Crippen LogP contribution < -0.4 is 10.6 Å². The summed E-state index contributed by atoms with van der Waals surface area (Å²) in [5.41, 5.74) is 2.42. The Bertz CT molecular complexity index is 394. The van der Waals surface area contributed by atoms with Crippen LogP contribution in [0.15, 0.2) is 11.2 Å². The van der Waals surface area contributed by atoms with Crippen molar-refractivity contribution in [2.75, 3.05) is 32.8 Å². The number of nitrogens with one attached hydrogen (secondary N) is 3. The number of rotatable bonds is 9. The normalized spacial score (nSPS) is 11.1. The van der Waals surface area contributed by atoms with Crippen molar-refractivity contribution < 1.29 is 4.74 Å². The summed E-state index contributed by atoms with van der Waals surface area (Å²) in [6, 6.07) is 0. The zero-order valence-corrected chi connectivity index (χ0v) is 15.6. The van der Waals surface area contributed by atoms with Gasteiger partial charge in [-0.2, -0.15) is 5.10 Å². The molecule has 0 saturated heterocycles. The van der Waals surface area contributed by atoms with Crippen molar-refractivity contribution in [2.45, 2.75) is 33.6 Å². The standard InChI is InChI=1S/C14H27N5O.HI/c1-4-15-14(17-9-10-20-5-2)16-8-6-7-13-11-18-19-12(13)3;/h11H,4-10H2,1-3H3,(H,18,19)(H2,15,16,17);1H. The van der Waals surface area contributed by atoms with Gasteiger partial charge in [-0.25, -0.2) is 0 Å². The summed E-state index contributed by atoms with van der Waals surface area (Å²) in [4.78, 5) is 4.55. The molecule has 1 aromatic heterocycles. The van der Waals surface area contributed by atoms with Gasteiger partial charge in [-0.1, -0.05) is 0 Å². The Morgan fingerprint density at radius 2 is 2.19 bits per heavy atom. The summed E-state index contributed by atoms with van der Waals surface area (Å²) in [6.07, 6.45) is 3.91. The van der Waals surface area contributed by atoms with Gasteiger partial charge >= 0.3 is 0 Å². The molecule has 0 atom stereocenters. The van der Waals surface area contributed by atoms with Crippen LogP contribution in [-0.2, 0) is 11.2 Å². The van der Waals surface area contributed by atoms with E-state index < -0.39 is 0 Å². The van der Waals surface area contributed by atoms with Crippen molar-refractivity contribution in [3.8, 4) is 0 Å². The van der Waals surface area contributed by atoms with E-state index in [1.165, 1.54) is 5.56 Å². The average Bonchev–Trinajstić information content (AvgIpc) is 2.85. The number of hydrogen-bond acceptors (Lipinski definition) is 3. The van der Waals surface area contributed by atoms with Crippen molar-refractivity contribution in [2.24, 2.45) is 4.99 Å². The lowest BCUT2D eigenvalue weighted by atomic mass is 10.1. The second kappa shape index (κ2) is 12.9. The van der Waals surface area contributed by atoms with E-state index in [0.717, 1.165) is 50.7 Å². The van der Waals surface area contributed by atoms with Crippen LogP contribution in [0, 0.1) is 6.92 Å². The Morgan fingerprint density at radius 1 is 1.38 bits per heavy atom. The number of aromatic amines is 1. The van der Waals surface area contributed by atoms with Gasteiger partial charge < -0.3 is 15.4 Å². The van der Waals surface area contributed by atoms with Gasteiger partial charge in [0.25, 0.3) is 0 Å². The van der Waals surface area contributed by atoms with Gasteiger partial charge in [-0.05, 0) is 39.2 Å². The van der Waals surface area contributed by atoms with Crippen LogP contribution in [0.25, 0.3) is 0 Å². The largest absolute Gasteiger partial charge is 0.380 e. The molecule has 0 spiro atoms. The van der Waals surface area contributed by atoms with Gasteiger partial charge in [-0.15, -0.1) is 24.0 Å². The third-order valence-corrected chi connectivity index (χ3v) is 2.90. The lowest BCUT2D eigenvalue weighted by molar-refractivity contribution is 0.152. The molecule has 0 aliphatic rings. The van der Waals surface area contributed by atoms with Crippen molar-refractivity contribution in [1.29, 1.82) is 0 Å². The molecule has 0 aliphatic carbocycles. The Kier molecular flexibility index (Phi) is 12.4. The fraction of sp³-hybridized carbons (Fsp3) is 0.714. The average molecular weight is 409 g/mol. The fourth-order valence-electron chi connectivity index (χ4n) is 1.82.